The highest BCUT2D eigenvalue weighted by atomic mass is 15.1. The summed E-state index contributed by atoms with van der Waals surface area (Å²) in [6.07, 6.45) is 4.30. The predicted octanol–water partition coefficient (Wildman–Crippen LogP) is 2.96. The van der Waals surface area contributed by atoms with Gasteiger partial charge in [-0.25, -0.2) is 0 Å². The minimum absolute atomic E-state index is 0.956. The molecule has 0 amide bonds. The molecule has 2 heteroatoms. The van der Waals surface area contributed by atoms with Crippen molar-refractivity contribution < 1.29 is 0 Å². The summed E-state index contributed by atoms with van der Waals surface area (Å²) in [7, 11) is 4.20. The zero-order chi connectivity index (χ0) is 11.4. The Labute approximate surface area is 98.7 Å². The fourth-order valence-electron chi connectivity index (χ4n) is 2.32. The van der Waals surface area contributed by atoms with Crippen molar-refractivity contribution in [2.45, 2.75) is 25.8 Å². The molecule has 16 heavy (non-hydrogen) atoms. The fourth-order valence-corrected chi connectivity index (χ4v) is 2.32. The summed E-state index contributed by atoms with van der Waals surface area (Å²) in [5, 5.41) is 3.19. The maximum atomic E-state index is 3.19. The third-order valence-corrected chi connectivity index (χ3v) is 3.46. The molecule has 0 heterocycles. The third-order valence-electron chi connectivity index (χ3n) is 3.46. The quantitative estimate of drug-likeness (QED) is 0.817. The average Bonchev–Trinajstić information content (AvgIpc) is 2.24. The van der Waals surface area contributed by atoms with Crippen LogP contribution in [0, 0.1) is 5.92 Å². The molecule has 1 fully saturated rings. The van der Waals surface area contributed by atoms with Gasteiger partial charge in [-0.05, 0) is 43.5 Å². The van der Waals surface area contributed by atoms with Gasteiger partial charge in [0.15, 0.2) is 0 Å². The van der Waals surface area contributed by atoms with Gasteiger partial charge in [-0.2, -0.15) is 0 Å². The van der Waals surface area contributed by atoms with Crippen LogP contribution in [0.1, 0.15) is 24.8 Å². The van der Waals surface area contributed by atoms with Crippen LogP contribution in [-0.2, 0) is 6.54 Å². The van der Waals surface area contributed by atoms with Crippen molar-refractivity contribution in [2.24, 2.45) is 5.92 Å². The molecule has 88 valence electrons. The van der Waals surface area contributed by atoms with Crippen LogP contribution in [-0.4, -0.2) is 25.5 Å². The zero-order valence-corrected chi connectivity index (χ0v) is 10.4. The molecule has 0 bridgehead atoms. The molecular weight excluding hydrogens is 196 g/mol. The lowest BCUT2D eigenvalue weighted by Gasteiger charge is -2.30. The molecular formula is C14H22N2. The van der Waals surface area contributed by atoms with Crippen LogP contribution in [0.3, 0.4) is 0 Å². The Bertz CT molecular complexity index is 331. The maximum Gasteiger partial charge on any atom is 0.0340 e. The smallest absolute Gasteiger partial charge is 0.0340 e. The lowest BCUT2D eigenvalue weighted by Crippen LogP contribution is -2.29. The molecule has 1 aromatic carbocycles. The Hall–Kier alpha value is -1.02. The summed E-state index contributed by atoms with van der Waals surface area (Å²) in [5.41, 5.74) is 2.60. The fraction of sp³-hybridized carbons (Fsp3) is 0.571. The van der Waals surface area contributed by atoms with Crippen molar-refractivity contribution in [2.75, 3.05) is 26.0 Å². The predicted molar refractivity (Wildman–Crippen MR) is 69.7 cm³/mol. The monoisotopic (exact) mass is 218 g/mol. The minimum Gasteiger partial charge on any atom is -0.388 e. The number of anilines is 1. The summed E-state index contributed by atoms with van der Waals surface area (Å²) in [6.45, 7) is 2.32. The number of nitrogens with zero attached hydrogens (tertiary/aromatic N) is 1. The van der Waals surface area contributed by atoms with E-state index in [1.165, 1.54) is 37.1 Å². The van der Waals surface area contributed by atoms with Crippen LogP contribution in [0.5, 0.6) is 0 Å². The van der Waals surface area contributed by atoms with Crippen LogP contribution < -0.4 is 5.32 Å². The molecule has 1 aromatic rings. The summed E-state index contributed by atoms with van der Waals surface area (Å²) >= 11 is 0. The molecule has 1 saturated carbocycles. The highest BCUT2D eigenvalue weighted by Crippen LogP contribution is 2.27. The molecule has 0 atom stereocenters. The number of benzene rings is 1. The van der Waals surface area contributed by atoms with Gasteiger partial charge in [0.05, 0.1) is 0 Å². The molecule has 0 saturated heterocycles. The average molecular weight is 218 g/mol. The van der Waals surface area contributed by atoms with Gasteiger partial charge < -0.3 is 10.2 Å². The first-order valence-corrected chi connectivity index (χ1v) is 6.23. The van der Waals surface area contributed by atoms with E-state index in [0.717, 1.165) is 12.5 Å². The Morgan fingerprint density at radius 2 is 2.19 bits per heavy atom. The lowest BCUT2D eigenvalue weighted by atomic mass is 9.85. The summed E-state index contributed by atoms with van der Waals surface area (Å²) in [5.74, 6) is 0.956. The Morgan fingerprint density at radius 3 is 2.81 bits per heavy atom. The van der Waals surface area contributed by atoms with Gasteiger partial charge in [0.25, 0.3) is 0 Å². The molecule has 2 nitrogen and oxygen atoms in total. The molecule has 1 aliphatic rings. The summed E-state index contributed by atoms with van der Waals surface area (Å²) in [4.78, 5) is 2.44. The highest BCUT2D eigenvalue weighted by molar-refractivity contribution is 5.44. The van der Waals surface area contributed by atoms with Crippen molar-refractivity contribution in [1.29, 1.82) is 0 Å². The molecule has 0 unspecified atom stereocenters. The van der Waals surface area contributed by atoms with Gasteiger partial charge >= 0.3 is 0 Å². The normalized spacial score (nSPS) is 16.2. The van der Waals surface area contributed by atoms with Crippen LogP contribution in [0.2, 0.25) is 0 Å². The Morgan fingerprint density at radius 1 is 1.38 bits per heavy atom. The number of hydrogen-bond donors (Lipinski definition) is 1. The van der Waals surface area contributed by atoms with E-state index in [-0.39, 0.29) is 0 Å². The van der Waals surface area contributed by atoms with E-state index in [1.807, 2.05) is 7.05 Å². The molecule has 0 aromatic heterocycles. The molecule has 1 aliphatic carbocycles. The number of nitrogens with one attached hydrogen (secondary N) is 1. The molecule has 1 N–H and O–H groups in total. The van der Waals surface area contributed by atoms with Crippen molar-refractivity contribution in [1.82, 2.24) is 4.90 Å². The maximum absolute atomic E-state index is 3.19. The number of hydrogen-bond acceptors (Lipinski definition) is 2. The molecule has 0 aliphatic heterocycles. The van der Waals surface area contributed by atoms with Gasteiger partial charge in [0.2, 0.25) is 0 Å². The van der Waals surface area contributed by atoms with Crippen LogP contribution in [0.4, 0.5) is 5.69 Å². The minimum atomic E-state index is 0.956. The molecule has 0 spiro atoms. The SMILES string of the molecule is CNc1cccc(CN(C)CC2CCC2)c1. The standard InChI is InChI=1S/C14H22N2/c1-15-14-8-4-7-13(9-14)11-16(2)10-12-5-3-6-12/h4,7-9,12,15H,3,5-6,10-11H2,1-2H3. The van der Waals surface area contributed by atoms with Crippen molar-refractivity contribution in [3.8, 4) is 0 Å². The highest BCUT2D eigenvalue weighted by Gasteiger charge is 2.18. The van der Waals surface area contributed by atoms with Gasteiger partial charge in [0, 0.05) is 25.8 Å². The molecule has 0 radical (unpaired) electrons. The van der Waals surface area contributed by atoms with Crippen LogP contribution in [0.15, 0.2) is 24.3 Å². The van der Waals surface area contributed by atoms with Crippen molar-refractivity contribution in [3.05, 3.63) is 29.8 Å². The lowest BCUT2D eigenvalue weighted by molar-refractivity contribution is 0.200. The topological polar surface area (TPSA) is 15.3 Å². The van der Waals surface area contributed by atoms with Gasteiger partial charge in [-0.15, -0.1) is 0 Å². The van der Waals surface area contributed by atoms with Crippen molar-refractivity contribution >= 4 is 5.69 Å². The Kier molecular flexibility index (Phi) is 3.83. The third kappa shape index (κ3) is 2.99. The van der Waals surface area contributed by atoms with Crippen LogP contribution in [0.25, 0.3) is 0 Å². The van der Waals surface area contributed by atoms with Gasteiger partial charge in [-0.3, -0.25) is 0 Å². The first-order valence-electron chi connectivity index (χ1n) is 6.23. The van der Waals surface area contributed by atoms with Gasteiger partial charge in [0.1, 0.15) is 0 Å². The van der Waals surface area contributed by atoms with E-state index < -0.39 is 0 Å². The molecule has 2 rings (SSSR count). The second-order valence-electron chi connectivity index (χ2n) is 4.94. The van der Waals surface area contributed by atoms with E-state index in [1.54, 1.807) is 0 Å². The number of rotatable bonds is 5. The van der Waals surface area contributed by atoms with Crippen molar-refractivity contribution in [3.63, 3.8) is 0 Å². The second-order valence-corrected chi connectivity index (χ2v) is 4.94. The van der Waals surface area contributed by atoms with Crippen LogP contribution >= 0.6 is 0 Å². The van der Waals surface area contributed by atoms with Gasteiger partial charge in [-0.1, -0.05) is 18.6 Å². The largest absolute Gasteiger partial charge is 0.388 e. The van der Waals surface area contributed by atoms with E-state index in [9.17, 15) is 0 Å². The zero-order valence-electron chi connectivity index (χ0n) is 10.4. The van der Waals surface area contributed by atoms with E-state index in [4.69, 9.17) is 0 Å². The second kappa shape index (κ2) is 5.35. The van der Waals surface area contributed by atoms with E-state index in [0.29, 0.717) is 0 Å². The van der Waals surface area contributed by atoms with E-state index >= 15 is 0 Å². The van der Waals surface area contributed by atoms with E-state index in [2.05, 4.69) is 41.5 Å². The first kappa shape index (κ1) is 11.5. The first-order chi connectivity index (χ1) is 7.78. The summed E-state index contributed by atoms with van der Waals surface area (Å²) in [6, 6.07) is 8.67. The summed E-state index contributed by atoms with van der Waals surface area (Å²) < 4.78 is 0. The Balaban J connectivity index is 1.86.